The van der Waals surface area contributed by atoms with Gasteiger partial charge in [0.25, 0.3) is 0 Å². The zero-order valence-corrected chi connectivity index (χ0v) is 12.3. The van der Waals surface area contributed by atoms with Crippen LogP contribution in [0, 0.1) is 20.8 Å². The van der Waals surface area contributed by atoms with Crippen molar-refractivity contribution in [3.05, 3.63) is 47.5 Å². The minimum atomic E-state index is 0.123. The summed E-state index contributed by atoms with van der Waals surface area (Å²) in [7, 11) is 0. The Labute approximate surface area is 110 Å². The van der Waals surface area contributed by atoms with E-state index in [1.165, 1.54) is 22.4 Å². The first-order chi connectivity index (χ1) is 8.29. The minimum Gasteiger partial charge on any atom is -0.232 e. The zero-order chi connectivity index (χ0) is 13.5. The van der Waals surface area contributed by atoms with Crippen LogP contribution in [0.4, 0.5) is 0 Å². The van der Waals surface area contributed by atoms with E-state index >= 15 is 0 Å². The molecule has 18 heavy (non-hydrogen) atoms. The third-order valence-electron chi connectivity index (χ3n) is 3.30. The summed E-state index contributed by atoms with van der Waals surface area (Å²) in [5.41, 5.74) is 5.39. The van der Waals surface area contributed by atoms with Crippen LogP contribution >= 0.6 is 0 Å². The van der Waals surface area contributed by atoms with E-state index in [0.29, 0.717) is 0 Å². The molecule has 0 aliphatic heterocycles. The summed E-state index contributed by atoms with van der Waals surface area (Å²) >= 11 is 0. The van der Waals surface area contributed by atoms with Gasteiger partial charge in [-0.2, -0.15) is 0 Å². The van der Waals surface area contributed by atoms with Gasteiger partial charge in [-0.3, -0.25) is 0 Å². The lowest BCUT2D eigenvalue weighted by atomic mass is 10.1. The van der Waals surface area contributed by atoms with Crippen molar-refractivity contribution >= 4 is 0 Å². The van der Waals surface area contributed by atoms with Crippen LogP contribution in [0.25, 0.3) is 5.69 Å². The van der Waals surface area contributed by atoms with Crippen molar-refractivity contribution < 1.29 is 4.57 Å². The Morgan fingerprint density at radius 1 is 1.00 bits per heavy atom. The van der Waals surface area contributed by atoms with Gasteiger partial charge in [0.05, 0.1) is 0 Å². The Hall–Kier alpha value is -1.57. The molecule has 1 heterocycles. The number of imidazole rings is 1. The molecule has 0 spiro atoms. The molecule has 0 atom stereocenters. The first-order valence-corrected chi connectivity index (χ1v) is 6.47. The van der Waals surface area contributed by atoms with Crippen LogP contribution in [0.2, 0.25) is 0 Å². The molecule has 0 aliphatic carbocycles. The van der Waals surface area contributed by atoms with Crippen molar-refractivity contribution in [2.24, 2.45) is 0 Å². The molecule has 2 nitrogen and oxygen atoms in total. The predicted octanol–water partition coefficient (Wildman–Crippen LogP) is 3.45. The molecule has 0 saturated carbocycles. The molecule has 0 amide bonds. The molecule has 1 aromatic carbocycles. The zero-order valence-electron chi connectivity index (χ0n) is 12.3. The second-order valence-electron chi connectivity index (χ2n) is 6.15. The fourth-order valence-corrected chi connectivity index (χ4v) is 2.46. The third kappa shape index (κ3) is 2.33. The van der Waals surface area contributed by atoms with E-state index in [1.54, 1.807) is 0 Å². The number of hydrogen-bond donors (Lipinski definition) is 0. The van der Waals surface area contributed by atoms with Crippen molar-refractivity contribution in [1.29, 1.82) is 0 Å². The number of hydrogen-bond acceptors (Lipinski definition) is 0. The molecule has 0 fully saturated rings. The van der Waals surface area contributed by atoms with Gasteiger partial charge < -0.3 is 0 Å². The number of aryl methyl sites for hydroxylation is 3. The molecule has 1 aromatic heterocycles. The molecule has 0 N–H and O–H groups in total. The van der Waals surface area contributed by atoms with Crippen LogP contribution in [0.15, 0.2) is 30.9 Å². The van der Waals surface area contributed by atoms with E-state index < -0.39 is 0 Å². The Morgan fingerprint density at radius 3 is 2.00 bits per heavy atom. The van der Waals surface area contributed by atoms with Gasteiger partial charge in [0.15, 0.2) is 0 Å². The maximum Gasteiger partial charge on any atom is 0.249 e. The maximum atomic E-state index is 2.24. The van der Waals surface area contributed by atoms with E-state index in [-0.39, 0.29) is 5.54 Å². The molecule has 0 saturated heterocycles. The quantitative estimate of drug-likeness (QED) is 0.678. The molecular formula is C16H23N2+. The highest BCUT2D eigenvalue weighted by molar-refractivity contribution is 5.48. The normalized spacial score (nSPS) is 11.9. The monoisotopic (exact) mass is 243 g/mol. The summed E-state index contributed by atoms with van der Waals surface area (Å²) < 4.78 is 4.46. The Balaban J connectivity index is 2.53. The van der Waals surface area contributed by atoms with Gasteiger partial charge in [-0.15, -0.1) is 0 Å². The summed E-state index contributed by atoms with van der Waals surface area (Å²) in [6.45, 7) is 13.1. The average molecular weight is 243 g/mol. The van der Waals surface area contributed by atoms with Crippen molar-refractivity contribution in [3.8, 4) is 5.69 Å². The maximum absolute atomic E-state index is 2.24. The topological polar surface area (TPSA) is 8.81 Å². The minimum absolute atomic E-state index is 0.123. The standard InChI is InChI=1S/C16H23N2/c1-12-9-13(2)15(14(3)10-12)17-7-8-18(11-17)16(4,5)6/h7-11H,1-6H3/q+1. The lowest BCUT2D eigenvalue weighted by Gasteiger charge is -2.13. The van der Waals surface area contributed by atoms with Crippen molar-refractivity contribution in [2.45, 2.75) is 47.1 Å². The van der Waals surface area contributed by atoms with Gasteiger partial charge in [-0.25, -0.2) is 9.13 Å². The van der Waals surface area contributed by atoms with E-state index in [1.807, 2.05) is 0 Å². The summed E-state index contributed by atoms with van der Waals surface area (Å²) in [6, 6.07) is 4.48. The Bertz CT molecular complexity index is 548. The van der Waals surface area contributed by atoms with E-state index in [2.05, 4.69) is 81.5 Å². The molecular weight excluding hydrogens is 220 g/mol. The van der Waals surface area contributed by atoms with Crippen molar-refractivity contribution in [2.75, 3.05) is 0 Å². The fourth-order valence-electron chi connectivity index (χ4n) is 2.46. The molecule has 0 radical (unpaired) electrons. The van der Waals surface area contributed by atoms with Crippen LogP contribution in [0.3, 0.4) is 0 Å². The van der Waals surface area contributed by atoms with Gasteiger partial charge in [-0.1, -0.05) is 17.7 Å². The Kier molecular flexibility index (Phi) is 3.05. The highest BCUT2D eigenvalue weighted by Gasteiger charge is 2.20. The number of aromatic nitrogens is 2. The van der Waals surface area contributed by atoms with Crippen molar-refractivity contribution in [3.63, 3.8) is 0 Å². The van der Waals surface area contributed by atoms with Gasteiger partial charge >= 0.3 is 0 Å². The van der Waals surface area contributed by atoms with Crippen LogP contribution in [-0.2, 0) is 5.54 Å². The first kappa shape index (κ1) is 12.9. The van der Waals surface area contributed by atoms with Crippen molar-refractivity contribution in [1.82, 2.24) is 4.57 Å². The molecule has 0 unspecified atom stereocenters. The van der Waals surface area contributed by atoms with E-state index in [9.17, 15) is 0 Å². The second-order valence-corrected chi connectivity index (χ2v) is 6.15. The highest BCUT2D eigenvalue weighted by atomic mass is 15.1. The van der Waals surface area contributed by atoms with Crippen LogP contribution < -0.4 is 4.57 Å². The smallest absolute Gasteiger partial charge is 0.232 e. The third-order valence-corrected chi connectivity index (χ3v) is 3.30. The largest absolute Gasteiger partial charge is 0.249 e. The van der Waals surface area contributed by atoms with Gasteiger partial charge in [0.1, 0.15) is 23.6 Å². The fraction of sp³-hybridized carbons (Fsp3) is 0.438. The van der Waals surface area contributed by atoms with Crippen LogP contribution in [0.1, 0.15) is 37.5 Å². The summed E-state index contributed by atoms with van der Waals surface area (Å²) in [5.74, 6) is 0. The number of rotatable bonds is 1. The molecule has 0 bridgehead atoms. The number of nitrogens with zero attached hydrogens (tertiary/aromatic N) is 2. The summed E-state index contributed by atoms with van der Waals surface area (Å²) in [4.78, 5) is 0. The molecule has 96 valence electrons. The SMILES string of the molecule is Cc1cc(C)c(-n2cc[n+](C(C)(C)C)c2)c(C)c1. The van der Waals surface area contributed by atoms with E-state index in [4.69, 9.17) is 0 Å². The average Bonchev–Trinajstić information content (AvgIpc) is 2.64. The lowest BCUT2D eigenvalue weighted by Crippen LogP contribution is -2.48. The van der Waals surface area contributed by atoms with Gasteiger partial charge in [0.2, 0.25) is 6.33 Å². The lowest BCUT2D eigenvalue weighted by molar-refractivity contribution is -0.753. The number of benzene rings is 1. The Morgan fingerprint density at radius 2 is 1.56 bits per heavy atom. The van der Waals surface area contributed by atoms with Crippen LogP contribution in [-0.4, -0.2) is 4.57 Å². The van der Waals surface area contributed by atoms with Gasteiger partial charge in [0, 0.05) is 0 Å². The van der Waals surface area contributed by atoms with Gasteiger partial charge in [-0.05, 0) is 52.7 Å². The van der Waals surface area contributed by atoms with Crippen LogP contribution in [0.5, 0.6) is 0 Å². The summed E-state index contributed by atoms with van der Waals surface area (Å²) in [5, 5.41) is 0. The molecule has 2 rings (SSSR count). The summed E-state index contributed by atoms with van der Waals surface area (Å²) in [6.07, 6.45) is 6.44. The molecule has 2 aromatic rings. The second kappa shape index (κ2) is 4.27. The first-order valence-electron chi connectivity index (χ1n) is 6.47. The van der Waals surface area contributed by atoms with E-state index in [0.717, 1.165) is 0 Å². The molecule has 0 aliphatic rings. The predicted molar refractivity (Wildman–Crippen MR) is 75.2 cm³/mol. The molecule has 2 heteroatoms. The highest BCUT2D eigenvalue weighted by Crippen LogP contribution is 2.20.